The fourth-order valence-electron chi connectivity index (χ4n) is 1.96. The summed E-state index contributed by atoms with van der Waals surface area (Å²) >= 11 is 0. The number of alkyl halides is 12. The summed E-state index contributed by atoms with van der Waals surface area (Å²) in [6, 6.07) is 5.28. The maximum atomic E-state index is 12.1. The predicted octanol–water partition coefficient (Wildman–Crippen LogP) is 7.45. The van der Waals surface area contributed by atoms with Crippen molar-refractivity contribution in [2.45, 2.75) is 24.7 Å². The topological polar surface area (TPSA) is 0 Å². The molecular weight excluding hydrogens is 420 g/mol. The van der Waals surface area contributed by atoms with E-state index in [-0.39, 0.29) is 0 Å². The van der Waals surface area contributed by atoms with E-state index in [9.17, 15) is 52.7 Å². The molecule has 2 aromatic carbocycles. The van der Waals surface area contributed by atoms with Crippen LogP contribution >= 0.6 is 0 Å². The van der Waals surface area contributed by atoms with E-state index in [2.05, 4.69) is 0 Å². The van der Waals surface area contributed by atoms with E-state index in [1.165, 1.54) is 0 Å². The minimum atomic E-state index is -4.98. The van der Waals surface area contributed by atoms with Crippen molar-refractivity contribution in [1.82, 2.24) is 0 Å². The molecule has 0 saturated heterocycles. The first-order valence-corrected chi connectivity index (χ1v) is 6.92. The summed E-state index contributed by atoms with van der Waals surface area (Å²) in [5.41, 5.74) is -6.64. The third-order valence-electron chi connectivity index (χ3n) is 3.08. The molecule has 0 aliphatic heterocycles. The standard InChI is InChI=1S/2C8H4F6/c2*9-7(10,11)5-3-1-2-4-6(5)8(12,13)14/h2*1-4H. The zero-order valence-electron chi connectivity index (χ0n) is 13.2. The normalized spacial score (nSPS) is 13.0. The Morgan fingerprint density at radius 2 is 0.464 bits per heavy atom. The Balaban J connectivity index is 0.000000280. The Morgan fingerprint density at radius 3 is 0.571 bits per heavy atom. The second-order valence-electron chi connectivity index (χ2n) is 5.08. The smallest absolute Gasteiger partial charge is 0.166 e. The predicted molar refractivity (Wildman–Crippen MR) is 72.9 cm³/mol. The molecule has 28 heavy (non-hydrogen) atoms. The third-order valence-corrected chi connectivity index (χ3v) is 3.08. The van der Waals surface area contributed by atoms with Gasteiger partial charge < -0.3 is 0 Å². The van der Waals surface area contributed by atoms with Crippen molar-refractivity contribution in [1.29, 1.82) is 0 Å². The van der Waals surface area contributed by atoms with Crippen molar-refractivity contribution < 1.29 is 52.7 Å². The molecule has 0 aliphatic carbocycles. The lowest BCUT2D eigenvalue weighted by atomic mass is 10.1. The maximum absolute atomic E-state index is 12.1. The van der Waals surface area contributed by atoms with Crippen LogP contribution in [-0.4, -0.2) is 0 Å². The molecule has 0 aromatic heterocycles. The number of halogens is 12. The maximum Gasteiger partial charge on any atom is 0.417 e. The van der Waals surface area contributed by atoms with Crippen LogP contribution in [0.2, 0.25) is 0 Å². The van der Waals surface area contributed by atoms with Crippen molar-refractivity contribution in [3.8, 4) is 0 Å². The van der Waals surface area contributed by atoms with E-state index in [0.717, 1.165) is 24.3 Å². The highest BCUT2D eigenvalue weighted by atomic mass is 19.4. The SMILES string of the molecule is FC(F)(F)c1ccccc1C(F)(F)F.FC(F)(F)c1ccccc1C(F)(F)F. The summed E-state index contributed by atoms with van der Waals surface area (Å²) in [6.07, 6.45) is -19.9. The summed E-state index contributed by atoms with van der Waals surface area (Å²) in [6.45, 7) is 0. The van der Waals surface area contributed by atoms with Gasteiger partial charge in [0, 0.05) is 0 Å². The van der Waals surface area contributed by atoms with Crippen LogP contribution in [0.4, 0.5) is 52.7 Å². The van der Waals surface area contributed by atoms with Crippen LogP contribution in [0.25, 0.3) is 0 Å². The van der Waals surface area contributed by atoms with E-state index in [1.54, 1.807) is 0 Å². The van der Waals surface area contributed by atoms with E-state index in [1.807, 2.05) is 0 Å². The summed E-state index contributed by atoms with van der Waals surface area (Å²) in [5, 5.41) is 0. The quantitative estimate of drug-likeness (QED) is 0.383. The Labute approximate surface area is 149 Å². The van der Waals surface area contributed by atoms with Crippen LogP contribution in [0.1, 0.15) is 22.3 Å². The molecule has 0 nitrogen and oxygen atoms in total. The lowest BCUT2D eigenvalue weighted by Crippen LogP contribution is -2.15. The molecule has 12 heteroatoms. The Bertz CT molecular complexity index is 644. The average Bonchev–Trinajstić information content (AvgIpc) is 2.52. The van der Waals surface area contributed by atoms with Gasteiger partial charge in [-0.2, -0.15) is 52.7 Å². The van der Waals surface area contributed by atoms with Gasteiger partial charge in [0.15, 0.2) is 0 Å². The van der Waals surface area contributed by atoms with Gasteiger partial charge >= 0.3 is 24.7 Å². The molecule has 2 rings (SSSR count). The molecule has 0 unspecified atom stereocenters. The zero-order valence-corrected chi connectivity index (χ0v) is 13.2. The van der Waals surface area contributed by atoms with Gasteiger partial charge in [-0.25, -0.2) is 0 Å². The zero-order chi connectivity index (χ0) is 22.0. The number of rotatable bonds is 0. The van der Waals surface area contributed by atoms with E-state index in [0.29, 0.717) is 24.3 Å². The van der Waals surface area contributed by atoms with E-state index < -0.39 is 47.0 Å². The van der Waals surface area contributed by atoms with Crippen LogP contribution in [0, 0.1) is 0 Å². The second-order valence-corrected chi connectivity index (χ2v) is 5.08. The van der Waals surface area contributed by atoms with E-state index >= 15 is 0 Å². The molecule has 0 atom stereocenters. The molecule has 0 aliphatic rings. The van der Waals surface area contributed by atoms with Crippen molar-refractivity contribution in [2.24, 2.45) is 0 Å². The Morgan fingerprint density at radius 1 is 0.321 bits per heavy atom. The van der Waals surface area contributed by atoms with Crippen LogP contribution in [-0.2, 0) is 24.7 Å². The Kier molecular flexibility index (Phi) is 6.68. The molecule has 0 radical (unpaired) electrons. The van der Waals surface area contributed by atoms with Gasteiger partial charge in [0.2, 0.25) is 0 Å². The van der Waals surface area contributed by atoms with E-state index in [4.69, 9.17) is 0 Å². The highest BCUT2D eigenvalue weighted by Crippen LogP contribution is 2.40. The van der Waals surface area contributed by atoms with Gasteiger partial charge in [0.1, 0.15) is 0 Å². The molecule has 0 bridgehead atoms. The molecule has 0 amide bonds. The summed E-state index contributed by atoms with van der Waals surface area (Å²) in [4.78, 5) is 0. The first-order valence-electron chi connectivity index (χ1n) is 6.92. The fourth-order valence-corrected chi connectivity index (χ4v) is 1.96. The van der Waals surface area contributed by atoms with Crippen molar-refractivity contribution in [3.63, 3.8) is 0 Å². The van der Waals surface area contributed by atoms with Crippen molar-refractivity contribution in [3.05, 3.63) is 70.8 Å². The van der Waals surface area contributed by atoms with Gasteiger partial charge in [-0.1, -0.05) is 24.3 Å². The lowest BCUT2D eigenvalue weighted by Gasteiger charge is -2.14. The second kappa shape index (κ2) is 7.92. The molecule has 0 spiro atoms. The summed E-state index contributed by atoms with van der Waals surface area (Å²) in [7, 11) is 0. The monoisotopic (exact) mass is 428 g/mol. The molecule has 2 aromatic rings. The minimum Gasteiger partial charge on any atom is -0.166 e. The minimum absolute atomic E-state index is 0.406. The van der Waals surface area contributed by atoms with Crippen LogP contribution in [0.5, 0.6) is 0 Å². The fraction of sp³-hybridized carbons (Fsp3) is 0.250. The van der Waals surface area contributed by atoms with Gasteiger partial charge in [-0.15, -0.1) is 0 Å². The molecule has 0 N–H and O–H groups in total. The molecule has 0 fully saturated rings. The lowest BCUT2D eigenvalue weighted by molar-refractivity contribution is -0.162. The molecular formula is C16H8F12. The van der Waals surface area contributed by atoms with Crippen molar-refractivity contribution >= 4 is 0 Å². The largest absolute Gasteiger partial charge is 0.417 e. The van der Waals surface area contributed by atoms with Crippen molar-refractivity contribution in [2.75, 3.05) is 0 Å². The average molecular weight is 428 g/mol. The Hall–Kier alpha value is -2.40. The van der Waals surface area contributed by atoms with Gasteiger partial charge in [-0.05, 0) is 24.3 Å². The number of hydrogen-bond acceptors (Lipinski definition) is 0. The molecule has 0 saturated carbocycles. The van der Waals surface area contributed by atoms with Crippen LogP contribution in [0.3, 0.4) is 0 Å². The first kappa shape index (κ1) is 23.6. The molecule has 156 valence electrons. The summed E-state index contributed by atoms with van der Waals surface area (Å²) < 4.78 is 145. The van der Waals surface area contributed by atoms with Gasteiger partial charge in [-0.3, -0.25) is 0 Å². The van der Waals surface area contributed by atoms with Gasteiger partial charge in [0.25, 0.3) is 0 Å². The highest BCUT2D eigenvalue weighted by molar-refractivity contribution is 5.32. The highest BCUT2D eigenvalue weighted by Gasteiger charge is 2.43. The summed E-state index contributed by atoms with van der Waals surface area (Å²) in [5.74, 6) is 0. The molecule has 0 heterocycles. The third kappa shape index (κ3) is 6.34. The van der Waals surface area contributed by atoms with Gasteiger partial charge in [0.05, 0.1) is 22.3 Å². The number of hydrogen-bond donors (Lipinski definition) is 0. The van der Waals surface area contributed by atoms with Crippen LogP contribution in [0.15, 0.2) is 48.5 Å². The first-order chi connectivity index (χ1) is 12.5. The number of benzene rings is 2. The van der Waals surface area contributed by atoms with Crippen LogP contribution < -0.4 is 0 Å².